The van der Waals surface area contributed by atoms with Crippen molar-refractivity contribution in [2.75, 3.05) is 26.2 Å². The highest BCUT2D eigenvalue weighted by Gasteiger charge is 2.14. The highest BCUT2D eigenvalue weighted by Crippen LogP contribution is 2.12. The Labute approximate surface area is 161 Å². The quantitative estimate of drug-likeness (QED) is 0.288. The first kappa shape index (κ1) is 20.5. The number of rotatable bonds is 7. The minimum absolute atomic E-state index is 0. The zero-order chi connectivity index (χ0) is 15.6. The molecule has 0 bridgehead atoms. The van der Waals surface area contributed by atoms with Gasteiger partial charge in [-0.3, -0.25) is 4.99 Å². The van der Waals surface area contributed by atoms with E-state index < -0.39 is 0 Å². The second-order valence-corrected chi connectivity index (χ2v) is 5.95. The van der Waals surface area contributed by atoms with Crippen molar-refractivity contribution >= 4 is 41.5 Å². The summed E-state index contributed by atoms with van der Waals surface area (Å²) in [7, 11) is 0. The van der Waals surface area contributed by atoms with Crippen LogP contribution in [-0.2, 0) is 11.2 Å². The van der Waals surface area contributed by atoms with Gasteiger partial charge >= 0.3 is 0 Å². The molecule has 1 fully saturated rings. The van der Waals surface area contributed by atoms with Crippen LogP contribution in [0.4, 0.5) is 0 Å². The second-order valence-electron chi connectivity index (χ2n) is 5.51. The van der Waals surface area contributed by atoms with Crippen molar-refractivity contribution in [3.63, 3.8) is 0 Å². The van der Waals surface area contributed by atoms with Crippen LogP contribution >= 0.6 is 35.6 Å². The number of ether oxygens (including phenoxy) is 1. The average Bonchev–Trinajstić information content (AvgIpc) is 3.04. The number of aryl methyl sites for hydroxylation is 1. The Kier molecular flexibility index (Phi) is 10.6. The van der Waals surface area contributed by atoms with Crippen LogP contribution in [0, 0.1) is 0 Å². The maximum atomic E-state index is 5.89. The van der Waals surface area contributed by atoms with Crippen LogP contribution in [0.15, 0.2) is 29.3 Å². The van der Waals surface area contributed by atoms with E-state index in [4.69, 9.17) is 16.3 Å². The molecule has 23 heavy (non-hydrogen) atoms. The number of guanidine groups is 1. The third-order valence-electron chi connectivity index (χ3n) is 3.67. The Balaban J connectivity index is 0.00000264. The van der Waals surface area contributed by atoms with Crippen LogP contribution < -0.4 is 10.6 Å². The lowest BCUT2D eigenvalue weighted by Gasteiger charge is -2.13. The molecule has 0 saturated carbocycles. The standard InChI is InChI=1S/C17H26ClN3O.HI/c1-2-19-17(21-13-16-6-4-12-22-16)20-11-3-5-14-7-9-15(18)10-8-14;/h7-10,16H,2-6,11-13H2,1H3,(H2,19,20,21);1H. The van der Waals surface area contributed by atoms with Crippen molar-refractivity contribution in [2.24, 2.45) is 4.99 Å². The third kappa shape index (κ3) is 8.22. The molecule has 1 aromatic rings. The van der Waals surface area contributed by atoms with Crippen molar-refractivity contribution in [3.8, 4) is 0 Å². The second kappa shape index (κ2) is 11.9. The van der Waals surface area contributed by atoms with E-state index >= 15 is 0 Å². The number of nitrogens with one attached hydrogen (secondary N) is 2. The van der Waals surface area contributed by atoms with Crippen molar-refractivity contribution < 1.29 is 4.74 Å². The van der Waals surface area contributed by atoms with Gasteiger partial charge in [0.1, 0.15) is 0 Å². The molecule has 1 heterocycles. The van der Waals surface area contributed by atoms with Gasteiger partial charge in [0.05, 0.1) is 12.6 Å². The molecule has 0 spiro atoms. The molecule has 0 amide bonds. The van der Waals surface area contributed by atoms with Gasteiger partial charge in [0, 0.05) is 24.7 Å². The summed E-state index contributed by atoms with van der Waals surface area (Å²) in [5, 5.41) is 7.45. The fourth-order valence-corrected chi connectivity index (χ4v) is 2.60. The molecular formula is C17H27ClIN3O. The normalized spacial score (nSPS) is 17.7. The maximum absolute atomic E-state index is 5.89. The molecule has 1 aliphatic heterocycles. The van der Waals surface area contributed by atoms with E-state index in [2.05, 4.69) is 34.7 Å². The smallest absolute Gasteiger partial charge is 0.191 e. The number of halogens is 2. The lowest BCUT2D eigenvalue weighted by Crippen LogP contribution is -2.38. The molecule has 0 radical (unpaired) electrons. The fraction of sp³-hybridized carbons (Fsp3) is 0.588. The van der Waals surface area contributed by atoms with Crippen molar-refractivity contribution in [1.29, 1.82) is 0 Å². The maximum Gasteiger partial charge on any atom is 0.191 e. The molecule has 2 N–H and O–H groups in total. The Morgan fingerprint density at radius 2 is 2.09 bits per heavy atom. The summed E-state index contributed by atoms with van der Waals surface area (Å²) >= 11 is 5.89. The highest BCUT2D eigenvalue weighted by atomic mass is 127. The Bertz CT molecular complexity index is 461. The first-order valence-corrected chi connectivity index (χ1v) is 8.54. The summed E-state index contributed by atoms with van der Waals surface area (Å²) in [6.45, 7) is 5.48. The van der Waals surface area contributed by atoms with E-state index in [1.807, 2.05) is 12.1 Å². The van der Waals surface area contributed by atoms with Gasteiger partial charge in [0.15, 0.2) is 5.96 Å². The average molecular weight is 452 g/mol. The van der Waals surface area contributed by atoms with Crippen molar-refractivity contribution in [3.05, 3.63) is 34.9 Å². The molecule has 130 valence electrons. The van der Waals surface area contributed by atoms with Gasteiger partial charge < -0.3 is 15.4 Å². The van der Waals surface area contributed by atoms with Gasteiger partial charge in [-0.05, 0) is 50.3 Å². The molecule has 4 nitrogen and oxygen atoms in total. The van der Waals surface area contributed by atoms with E-state index in [-0.39, 0.29) is 24.0 Å². The Hall–Kier alpha value is -0.530. The molecule has 1 aromatic carbocycles. The summed E-state index contributed by atoms with van der Waals surface area (Å²) in [4.78, 5) is 4.60. The lowest BCUT2D eigenvalue weighted by molar-refractivity contribution is 0.117. The Morgan fingerprint density at radius 1 is 1.30 bits per heavy atom. The molecule has 0 aliphatic carbocycles. The van der Waals surface area contributed by atoms with Gasteiger partial charge in [0.2, 0.25) is 0 Å². The number of aliphatic imine (C=N–C) groups is 1. The number of hydrogen-bond donors (Lipinski definition) is 2. The van der Waals surface area contributed by atoms with Crippen LogP contribution in [0.25, 0.3) is 0 Å². The molecule has 1 atom stereocenters. The minimum Gasteiger partial charge on any atom is -0.376 e. The predicted molar refractivity (Wildman–Crippen MR) is 108 cm³/mol. The molecule has 2 rings (SSSR count). The summed E-state index contributed by atoms with van der Waals surface area (Å²) in [6.07, 6.45) is 4.68. The zero-order valence-corrected chi connectivity index (χ0v) is 16.8. The summed E-state index contributed by atoms with van der Waals surface area (Å²) < 4.78 is 5.60. The molecule has 1 saturated heterocycles. The largest absolute Gasteiger partial charge is 0.376 e. The van der Waals surface area contributed by atoms with E-state index in [1.165, 1.54) is 5.56 Å². The van der Waals surface area contributed by atoms with Crippen LogP contribution in [-0.4, -0.2) is 38.3 Å². The summed E-state index contributed by atoms with van der Waals surface area (Å²) in [5.74, 6) is 0.883. The van der Waals surface area contributed by atoms with E-state index in [1.54, 1.807) is 0 Å². The first-order chi connectivity index (χ1) is 10.8. The van der Waals surface area contributed by atoms with Gasteiger partial charge in [-0.25, -0.2) is 0 Å². The minimum atomic E-state index is 0. The first-order valence-electron chi connectivity index (χ1n) is 8.16. The van der Waals surface area contributed by atoms with Crippen molar-refractivity contribution in [1.82, 2.24) is 10.6 Å². The van der Waals surface area contributed by atoms with Crippen LogP contribution in [0.5, 0.6) is 0 Å². The van der Waals surface area contributed by atoms with Gasteiger partial charge in [-0.1, -0.05) is 23.7 Å². The van der Waals surface area contributed by atoms with E-state index in [0.29, 0.717) is 6.10 Å². The highest BCUT2D eigenvalue weighted by molar-refractivity contribution is 14.0. The zero-order valence-electron chi connectivity index (χ0n) is 13.7. The third-order valence-corrected chi connectivity index (χ3v) is 3.92. The lowest BCUT2D eigenvalue weighted by atomic mass is 10.1. The van der Waals surface area contributed by atoms with Gasteiger partial charge in [-0.2, -0.15) is 0 Å². The fourth-order valence-electron chi connectivity index (χ4n) is 2.47. The predicted octanol–water partition coefficient (Wildman–Crippen LogP) is 3.62. The molecule has 0 aromatic heterocycles. The van der Waals surface area contributed by atoms with Gasteiger partial charge in [0.25, 0.3) is 0 Å². The van der Waals surface area contributed by atoms with E-state index in [0.717, 1.165) is 62.9 Å². The molecule has 6 heteroatoms. The SMILES string of the molecule is CCNC(=NCC1CCCO1)NCCCc1ccc(Cl)cc1.I. The topological polar surface area (TPSA) is 45.7 Å². The van der Waals surface area contributed by atoms with E-state index in [9.17, 15) is 0 Å². The van der Waals surface area contributed by atoms with Crippen LogP contribution in [0.1, 0.15) is 31.7 Å². The van der Waals surface area contributed by atoms with Crippen molar-refractivity contribution in [2.45, 2.75) is 38.7 Å². The monoisotopic (exact) mass is 451 g/mol. The molecular weight excluding hydrogens is 425 g/mol. The summed E-state index contributed by atoms with van der Waals surface area (Å²) in [5.41, 5.74) is 1.31. The summed E-state index contributed by atoms with van der Waals surface area (Å²) in [6, 6.07) is 8.05. The van der Waals surface area contributed by atoms with Crippen LogP contribution in [0.2, 0.25) is 5.02 Å². The van der Waals surface area contributed by atoms with Crippen LogP contribution in [0.3, 0.4) is 0 Å². The number of benzene rings is 1. The number of hydrogen-bond acceptors (Lipinski definition) is 2. The molecule has 1 aliphatic rings. The Morgan fingerprint density at radius 3 is 2.74 bits per heavy atom. The van der Waals surface area contributed by atoms with Gasteiger partial charge in [-0.15, -0.1) is 24.0 Å². The number of nitrogens with zero attached hydrogens (tertiary/aromatic N) is 1. The molecule has 1 unspecified atom stereocenters.